The first-order valence-corrected chi connectivity index (χ1v) is 7.87. The Morgan fingerprint density at radius 2 is 2.05 bits per heavy atom. The lowest BCUT2D eigenvalue weighted by Crippen LogP contribution is -2.58. The van der Waals surface area contributed by atoms with Crippen LogP contribution >= 0.6 is 0 Å². The highest BCUT2D eigenvalue weighted by Gasteiger charge is 2.36. The first-order valence-electron chi connectivity index (χ1n) is 6.43. The lowest BCUT2D eigenvalue weighted by molar-refractivity contribution is -0.122. The Labute approximate surface area is 119 Å². The summed E-state index contributed by atoms with van der Waals surface area (Å²) in [6, 6.07) is 4.13. The lowest BCUT2D eigenvalue weighted by Gasteiger charge is -2.33. The second kappa shape index (κ2) is 5.51. The van der Waals surface area contributed by atoms with Crippen molar-refractivity contribution in [2.75, 3.05) is 19.6 Å². The molecular formula is C13H19N3O3S. The maximum Gasteiger partial charge on any atom is 0.243 e. The molecule has 0 radical (unpaired) electrons. The first kappa shape index (κ1) is 15.0. The van der Waals surface area contributed by atoms with E-state index in [9.17, 15) is 13.2 Å². The number of sulfonamides is 1. The zero-order chi connectivity index (χ0) is 14.9. The number of carbonyl (C=O) groups is 1. The molecule has 0 aromatic heterocycles. The third-order valence-corrected chi connectivity index (χ3v) is 5.51. The van der Waals surface area contributed by atoms with Crippen LogP contribution in [0.5, 0.6) is 0 Å². The minimum atomic E-state index is -3.70. The minimum absolute atomic E-state index is 0.203. The number of nitrogens with zero attached hydrogens (tertiary/aromatic N) is 1. The van der Waals surface area contributed by atoms with E-state index in [1.165, 1.54) is 4.31 Å². The van der Waals surface area contributed by atoms with Gasteiger partial charge in [-0.15, -0.1) is 0 Å². The van der Waals surface area contributed by atoms with Gasteiger partial charge in [-0.3, -0.25) is 4.79 Å². The summed E-state index contributed by atoms with van der Waals surface area (Å²) in [7, 11) is -3.70. The van der Waals surface area contributed by atoms with Gasteiger partial charge in [0.25, 0.3) is 0 Å². The molecular weight excluding hydrogens is 278 g/mol. The van der Waals surface area contributed by atoms with Gasteiger partial charge >= 0.3 is 0 Å². The molecule has 0 saturated carbocycles. The summed E-state index contributed by atoms with van der Waals surface area (Å²) in [5, 5.41) is 2.98. The topological polar surface area (TPSA) is 92.5 Å². The molecule has 0 aliphatic carbocycles. The normalized spacial score (nSPS) is 20.8. The van der Waals surface area contributed by atoms with Gasteiger partial charge in [0, 0.05) is 19.6 Å². The fraction of sp³-hybridized carbons (Fsp3) is 0.462. The summed E-state index contributed by atoms with van der Waals surface area (Å²) >= 11 is 0. The van der Waals surface area contributed by atoms with Crippen LogP contribution in [0, 0.1) is 13.8 Å². The fourth-order valence-electron chi connectivity index (χ4n) is 2.23. The monoisotopic (exact) mass is 297 g/mol. The van der Waals surface area contributed by atoms with Crippen LogP contribution in [-0.4, -0.2) is 44.3 Å². The molecule has 1 aliphatic rings. The number of rotatable bonds is 3. The summed E-state index contributed by atoms with van der Waals surface area (Å²) in [5.41, 5.74) is 7.22. The van der Waals surface area contributed by atoms with Gasteiger partial charge in [-0.2, -0.15) is 4.31 Å². The molecule has 20 heavy (non-hydrogen) atoms. The smallest absolute Gasteiger partial charge is 0.243 e. The van der Waals surface area contributed by atoms with Crippen molar-refractivity contribution >= 4 is 15.9 Å². The van der Waals surface area contributed by atoms with Gasteiger partial charge in [0.05, 0.1) is 4.90 Å². The molecule has 0 spiro atoms. The number of carbonyl (C=O) groups excluding carboxylic acids is 1. The highest BCUT2D eigenvalue weighted by atomic mass is 32.2. The molecule has 6 nitrogen and oxygen atoms in total. The third-order valence-electron chi connectivity index (χ3n) is 3.61. The summed E-state index contributed by atoms with van der Waals surface area (Å²) in [4.78, 5) is 11.6. The van der Waals surface area contributed by atoms with Crippen LogP contribution in [0.15, 0.2) is 23.1 Å². The second-order valence-electron chi connectivity index (χ2n) is 4.98. The molecule has 2 rings (SSSR count). The van der Waals surface area contributed by atoms with Crippen molar-refractivity contribution in [1.82, 2.24) is 9.62 Å². The number of nitrogens with one attached hydrogen (secondary N) is 1. The zero-order valence-corrected chi connectivity index (χ0v) is 12.4. The molecule has 1 aliphatic heterocycles. The first-order chi connectivity index (χ1) is 9.34. The predicted octanol–water partition coefficient (Wildman–Crippen LogP) is -0.249. The standard InChI is InChI=1S/C13H19N3O3S/c1-9-3-4-11(7-10(9)2)20(18,19)16-6-5-15-8-12(16)13(14)17/h3-4,7,12,15H,5-6,8H2,1-2H3,(H2,14,17). The van der Waals surface area contributed by atoms with Crippen molar-refractivity contribution in [1.29, 1.82) is 0 Å². The van der Waals surface area contributed by atoms with Gasteiger partial charge < -0.3 is 11.1 Å². The molecule has 1 atom stereocenters. The maximum absolute atomic E-state index is 12.7. The number of hydrogen-bond donors (Lipinski definition) is 2. The van der Waals surface area contributed by atoms with E-state index >= 15 is 0 Å². The van der Waals surface area contributed by atoms with Gasteiger partial charge in [0.2, 0.25) is 15.9 Å². The van der Waals surface area contributed by atoms with Crippen molar-refractivity contribution in [2.24, 2.45) is 5.73 Å². The van der Waals surface area contributed by atoms with Crippen LogP contribution in [0.3, 0.4) is 0 Å². The van der Waals surface area contributed by atoms with Crippen molar-refractivity contribution in [3.05, 3.63) is 29.3 Å². The lowest BCUT2D eigenvalue weighted by atomic mass is 10.1. The van der Waals surface area contributed by atoms with Gasteiger partial charge in [-0.25, -0.2) is 8.42 Å². The average Bonchev–Trinajstić information content (AvgIpc) is 2.41. The van der Waals surface area contributed by atoms with Crippen LogP contribution in [0.1, 0.15) is 11.1 Å². The van der Waals surface area contributed by atoms with E-state index in [4.69, 9.17) is 5.73 Å². The Hall–Kier alpha value is -1.44. The summed E-state index contributed by atoms with van der Waals surface area (Å²) in [5.74, 6) is -0.635. The van der Waals surface area contributed by atoms with Crippen molar-refractivity contribution in [2.45, 2.75) is 24.8 Å². The summed E-state index contributed by atoms with van der Waals surface area (Å²) in [6.07, 6.45) is 0. The molecule has 1 heterocycles. The summed E-state index contributed by atoms with van der Waals surface area (Å²) in [6.45, 7) is 4.77. The molecule has 3 N–H and O–H groups in total. The van der Waals surface area contributed by atoms with Gasteiger partial charge in [-0.1, -0.05) is 6.07 Å². The Morgan fingerprint density at radius 1 is 1.35 bits per heavy atom. The van der Waals surface area contributed by atoms with Gasteiger partial charge in [0.1, 0.15) is 6.04 Å². The zero-order valence-electron chi connectivity index (χ0n) is 11.6. The van der Waals surface area contributed by atoms with E-state index in [0.717, 1.165) is 11.1 Å². The number of benzene rings is 1. The quantitative estimate of drug-likeness (QED) is 0.805. The summed E-state index contributed by atoms with van der Waals surface area (Å²) < 4.78 is 26.5. The van der Waals surface area contributed by atoms with Crippen LogP contribution in [0.4, 0.5) is 0 Å². The van der Waals surface area contributed by atoms with E-state index in [-0.39, 0.29) is 18.0 Å². The Kier molecular flexibility index (Phi) is 4.12. The Balaban J connectivity index is 2.42. The largest absolute Gasteiger partial charge is 0.368 e. The highest BCUT2D eigenvalue weighted by Crippen LogP contribution is 2.21. The molecule has 7 heteroatoms. The molecule has 1 amide bonds. The second-order valence-corrected chi connectivity index (χ2v) is 6.87. The number of hydrogen-bond acceptors (Lipinski definition) is 4. The number of piperazine rings is 1. The predicted molar refractivity (Wildman–Crippen MR) is 75.7 cm³/mol. The number of primary amides is 1. The van der Waals surface area contributed by atoms with E-state index in [1.807, 2.05) is 13.8 Å². The SMILES string of the molecule is Cc1ccc(S(=O)(=O)N2CCNCC2C(N)=O)cc1C. The van der Waals surface area contributed by atoms with Gasteiger partial charge in [-0.05, 0) is 37.1 Å². The van der Waals surface area contributed by atoms with Crippen molar-refractivity contribution in [3.8, 4) is 0 Å². The number of aryl methyl sites for hydroxylation is 2. The van der Waals surface area contributed by atoms with Crippen LogP contribution in [-0.2, 0) is 14.8 Å². The van der Waals surface area contributed by atoms with Crippen LogP contribution in [0.2, 0.25) is 0 Å². The van der Waals surface area contributed by atoms with Crippen LogP contribution in [0.25, 0.3) is 0 Å². The molecule has 110 valence electrons. The minimum Gasteiger partial charge on any atom is -0.368 e. The Bertz CT molecular complexity index is 628. The van der Waals surface area contributed by atoms with Gasteiger partial charge in [0.15, 0.2) is 0 Å². The molecule has 1 unspecified atom stereocenters. The van der Waals surface area contributed by atoms with E-state index in [2.05, 4.69) is 5.32 Å². The number of nitrogens with two attached hydrogens (primary N) is 1. The molecule has 1 fully saturated rings. The van der Waals surface area contributed by atoms with Crippen LogP contribution < -0.4 is 11.1 Å². The Morgan fingerprint density at radius 3 is 2.65 bits per heavy atom. The van der Waals surface area contributed by atoms with E-state index in [1.54, 1.807) is 18.2 Å². The highest BCUT2D eigenvalue weighted by molar-refractivity contribution is 7.89. The third kappa shape index (κ3) is 2.70. The molecule has 1 aromatic rings. The fourth-order valence-corrected chi connectivity index (χ4v) is 3.91. The van der Waals surface area contributed by atoms with E-state index < -0.39 is 22.0 Å². The van der Waals surface area contributed by atoms with Crippen molar-refractivity contribution < 1.29 is 13.2 Å². The average molecular weight is 297 g/mol. The molecule has 1 saturated heterocycles. The molecule has 1 aromatic carbocycles. The van der Waals surface area contributed by atoms with E-state index in [0.29, 0.717) is 6.54 Å². The maximum atomic E-state index is 12.7. The number of amides is 1. The van der Waals surface area contributed by atoms with Crippen molar-refractivity contribution in [3.63, 3.8) is 0 Å². The molecule has 0 bridgehead atoms.